The first kappa shape index (κ1) is 59.1. The van der Waals surface area contributed by atoms with Crippen LogP contribution in [0.3, 0.4) is 0 Å². The van der Waals surface area contributed by atoms with Gasteiger partial charge < -0.3 is 29.0 Å². The Hall–Kier alpha value is -7.68. The summed E-state index contributed by atoms with van der Waals surface area (Å²) in [5.74, 6) is -0.219. The Labute approximate surface area is 493 Å². The maximum atomic E-state index is 13.9. The molecule has 7 aromatic carbocycles. The van der Waals surface area contributed by atoms with Crippen LogP contribution in [0.1, 0.15) is 122 Å². The van der Waals surface area contributed by atoms with Crippen molar-refractivity contribution in [3.8, 4) is 23.0 Å². The van der Waals surface area contributed by atoms with Crippen molar-refractivity contribution in [3.05, 3.63) is 177 Å². The number of nitrogens with zero attached hydrogens (tertiary/aromatic N) is 2. The summed E-state index contributed by atoms with van der Waals surface area (Å²) in [6.45, 7) is 17.7. The number of unbranched alkanes of at least 4 members (excludes halogenated alkanes) is 2. The molecule has 4 aliphatic rings. The normalized spacial score (nSPS) is 18.0. The fraction of sp³-hybridized carbons (Fsp3) is 0.297. The second kappa shape index (κ2) is 21.4. The van der Waals surface area contributed by atoms with Crippen LogP contribution in [0.25, 0.3) is 21.5 Å². The van der Waals surface area contributed by atoms with E-state index in [4.69, 9.17) is 18.7 Å². The number of fused-ring (bicyclic) bond motifs is 12. The number of phosphoric acid groups is 1. The van der Waals surface area contributed by atoms with Crippen molar-refractivity contribution < 1.29 is 73.2 Å². The zero-order valence-corrected chi connectivity index (χ0v) is 50.7. The lowest BCUT2D eigenvalue weighted by Crippen LogP contribution is -2.34. The Morgan fingerprint density at radius 2 is 1.52 bits per heavy atom. The van der Waals surface area contributed by atoms with E-state index in [0.717, 1.165) is 51.7 Å². The summed E-state index contributed by atoms with van der Waals surface area (Å²) >= 11 is 0. The van der Waals surface area contributed by atoms with E-state index < -0.39 is 60.3 Å². The fourth-order valence-corrected chi connectivity index (χ4v) is 14.8. The average Bonchev–Trinajstić information content (AvgIpc) is 1.69. The molecule has 0 saturated heterocycles. The SMILES string of the molecule is CCOc1ccc2c(c1CNC(=O)CCCCC[N+]1=C(/C=C/C=C3/N(CC)c4cc(S(=O)(=O)O)c5cc(S(=O)(=O)O)ccc5c4C3(C)C)C(C)(C)c3c1cc(C)c1cc(C)ccc31)Oc1cc(OP(=O)(O)O)ccc1C21OC(=O)c2ccccc21. The first-order valence-electron chi connectivity index (χ1n) is 28.0. The Morgan fingerprint density at radius 1 is 0.788 bits per heavy atom. The van der Waals surface area contributed by atoms with Crippen molar-refractivity contribution in [2.75, 3.05) is 24.6 Å². The molecule has 85 heavy (non-hydrogen) atoms. The molecule has 4 heterocycles. The summed E-state index contributed by atoms with van der Waals surface area (Å²) in [4.78, 5) is 47.9. The van der Waals surface area contributed by atoms with Gasteiger partial charge in [-0.2, -0.15) is 21.4 Å². The highest BCUT2D eigenvalue weighted by molar-refractivity contribution is 7.86. The number of aryl methyl sites for hydroxylation is 2. The highest BCUT2D eigenvalue weighted by Crippen LogP contribution is 2.59. The van der Waals surface area contributed by atoms with Crippen molar-refractivity contribution in [2.24, 2.45) is 0 Å². The van der Waals surface area contributed by atoms with Gasteiger partial charge in [-0.05, 0) is 136 Å². The Balaban J connectivity index is 0.867. The number of likely N-dealkylation sites (N-methyl/N-ethyl adjacent to an activating group) is 1. The maximum absolute atomic E-state index is 13.9. The van der Waals surface area contributed by atoms with E-state index in [1.54, 1.807) is 42.5 Å². The van der Waals surface area contributed by atoms with Crippen LogP contribution in [0.15, 0.2) is 137 Å². The number of benzene rings is 7. The van der Waals surface area contributed by atoms with E-state index in [1.807, 2.05) is 44.7 Å². The third kappa shape index (κ3) is 10.2. The Bertz CT molecular complexity index is 4410. The summed E-state index contributed by atoms with van der Waals surface area (Å²) in [5.41, 5.74) is 7.14. The molecule has 5 N–H and O–H groups in total. The van der Waals surface area contributed by atoms with Gasteiger partial charge in [0.25, 0.3) is 20.2 Å². The van der Waals surface area contributed by atoms with Gasteiger partial charge >= 0.3 is 13.8 Å². The molecule has 0 saturated carbocycles. The second-order valence-electron chi connectivity index (χ2n) is 22.9. The van der Waals surface area contributed by atoms with E-state index in [2.05, 4.69) is 67.9 Å². The zero-order valence-electron chi connectivity index (χ0n) is 48.1. The molecule has 0 aliphatic carbocycles. The molecule has 0 fully saturated rings. The molecule has 1 amide bonds. The Kier molecular flexibility index (Phi) is 14.9. The molecular formula is C64H65N3O15PS2+. The molecule has 0 bridgehead atoms. The number of phosphoric ester groups is 1. The highest BCUT2D eigenvalue weighted by Gasteiger charge is 2.55. The standard InChI is InChI=1S/C64H64N3O15PS2/c1-9-66-51-35-54(85(76,77)78)45-34-40(84(73,74)75)24-26-42(45)59(51)62(5,6)55(66)19-16-20-56-63(7,8)58-41-25-22-37(3)31-44(41)38(4)32-50(58)67(56)30-15-11-12-21-57(68)65-36-46-52(79-10-2)29-28-49-60(46)80-53-33-39(82-83(70,71)72)23-27-48(53)64(49)47-18-14-13-17-43(47)61(69)81-64/h13-14,16-20,22-29,31-35H,9-12,15,21,30,36H2,1-8H3,(H4-,65,68,70,71,72,73,74,75,76,77,78)/p+1. The van der Waals surface area contributed by atoms with Gasteiger partial charge in [0.2, 0.25) is 11.6 Å². The predicted molar refractivity (Wildman–Crippen MR) is 322 cm³/mol. The summed E-state index contributed by atoms with van der Waals surface area (Å²) in [6.07, 6.45) is 8.33. The van der Waals surface area contributed by atoms with E-state index in [1.165, 1.54) is 41.3 Å². The molecule has 11 rings (SSSR count). The number of allylic oxidation sites excluding steroid dienone is 4. The molecule has 7 aromatic rings. The van der Waals surface area contributed by atoms with Crippen molar-refractivity contribution in [2.45, 2.75) is 114 Å². The number of hydrogen-bond acceptors (Lipinski definition) is 12. The lowest BCUT2D eigenvalue weighted by molar-refractivity contribution is -0.438. The molecule has 1 spiro atoms. The lowest BCUT2D eigenvalue weighted by Gasteiger charge is -2.37. The van der Waals surface area contributed by atoms with Crippen molar-refractivity contribution >= 4 is 78.6 Å². The van der Waals surface area contributed by atoms with Gasteiger partial charge in [-0.1, -0.05) is 68.0 Å². The number of rotatable bonds is 17. The van der Waals surface area contributed by atoms with Crippen LogP contribution < -0.4 is 24.2 Å². The lowest BCUT2D eigenvalue weighted by atomic mass is 9.77. The van der Waals surface area contributed by atoms with Crippen LogP contribution >= 0.6 is 7.82 Å². The van der Waals surface area contributed by atoms with Crippen LogP contribution in [0.4, 0.5) is 11.4 Å². The molecule has 442 valence electrons. The summed E-state index contributed by atoms with van der Waals surface area (Å²) in [7, 11) is -14.5. The number of anilines is 1. The molecule has 1 unspecified atom stereocenters. The number of esters is 1. The third-order valence-corrected chi connectivity index (χ3v) is 19.0. The number of ether oxygens (including phenoxy) is 3. The van der Waals surface area contributed by atoms with Gasteiger partial charge in [0.1, 0.15) is 34.4 Å². The minimum Gasteiger partial charge on any atom is -0.493 e. The molecule has 0 aromatic heterocycles. The van der Waals surface area contributed by atoms with Crippen LogP contribution in [0.2, 0.25) is 0 Å². The number of hydrogen-bond donors (Lipinski definition) is 5. The Morgan fingerprint density at radius 3 is 2.24 bits per heavy atom. The largest absolute Gasteiger partial charge is 0.524 e. The minimum absolute atomic E-state index is 0.0333. The maximum Gasteiger partial charge on any atom is 0.524 e. The van der Waals surface area contributed by atoms with Crippen LogP contribution in [-0.4, -0.2) is 77.6 Å². The zero-order chi connectivity index (χ0) is 60.9. The first-order valence-corrected chi connectivity index (χ1v) is 32.4. The van der Waals surface area contributed by atoms with Crippen LogP contribution in [0, 0.1) is 13.8 Å². The van der Waals surface area contributed by atoms with Gasteiger partial charge in [-0.15, -0.1) is 0 Å². The quantitative estimate of drug-likeness (QED) is 0.0187. The number of amides is 1. The highest BCUT2D eigenvalue weighted by atomic mass is 32.2. The first-order chi connectivity index (χ1) is 40.1. The molecule has 0 radical (unpaired) electrons. The minimum atomic E-state index is -4.97. The van der Waals surface area contributed by atoms with Crippen LogP contribution in [0.5, 0.6) is 23.0 Å². The summed E-state index contributed by atoms with van der Waals surface area (Å²) in [6, 6.07) is 28.6. The smallest absolute Gasteiger partial charge is 0.493 e. The van der Waals surface area contributed by atoms with Gasteiger partial charge in [-0.25, -0.2) is 9.36 Å². The number of carbonyl (C=O) groups excluding carboxylic acids is 2. The third-order valence-electron chi connectivity index (χ3n) is 16.8. The fourth-order valence-electron chi connectivity index (χ4n) is 13.2. The predicted octanol–water partition coefficient (Wildman–Crippen LogP) is 12.1. The molecule has 1 atom stereocenters. The monoisotopic (exact) mass is 1210 g/mol. The second-order valence-corrected chi connectivity index (χ2v) is 26.9. The summed E-state index contributed by atoms with van der Waals surface area (Å²) < 4.78 is 109. The van der Waals surface area contributed by atoms with Crippen molar-refractivity contribution in [1.29, 1.82) is 0 Å². The van der Waals surface area contributed by atoms with Crippen molar-refractivity contribution in [1.82, 2.24) is 5.32 Å². The summed E-state index contributed by atoms with van der Waals surface area (Å²) in [5, 5.41) is 5.77. The van der Waals surface area contributed by atoms with Gasteiger partial charge in [-0.3, -0.25) is 23.7 Å². The van der Waals surface area contributed by atoms with E-state index in [-0.39, 0.29) is 48.1 Å². The average molecular weight is 1210 g/mol. The molecule has 21 heteroatoms. The van der Waals surface area contributed by atoms with Gasteiger partial charge in [0, 0.05) is 82.0 Å². The van der Waals surface area contributed by atoms with Crippen molar-refractivity contribution in [3.63, 3.8) is 0 Å². The topological polar surface area (TPSA) is 256 Å². The van der Waals surface area contributed by atoms with Gasteiger partial charge in [0.05, 0.1) is 34.6 Å². The molecule has 4 aliphatic heterocycles. The van der Waals surface area contributed by atoms with Gasteiger partial charge in [0.15, 0.2) is 11.3 Å². The van der Waals surface area contributed by atoms with E-state index in [0.29, 0.717) is 70.6 Å². The number of nitrogens with one attached hydrogen (secondary N) is 1. The van der Waals surface area contributed by atoms with E-state index >= 15 is 0 Å². The molecule has 18 nitrogen and oxygen atoms in total. The van der Waals surface area contributed by atoms with E-state index in [9.17, 15) is 49.9 Å². The molecular weight excluding hydrogens is 1150 g/mol. The van der Waals surface area contributed by atoms with Crippen LogP contribution in [-0.2, 0) is 57.3 Å². The number of carbonyl (C=O) groups is 2.